The number of nitrogens with one attached hydrogen (secondary N) is 1. The smallest absolute Gasteiger partial charge is 0.273 e. The van der Waals surface area contributed by atoms with Crippen LogP contribution >= 0.6 is 12.2 Å². The van der Waals surface area contributed by atoms with Crippen LogP contribution in [0.3, 0.4) is 0 Å². The van der Waals surface area contributed by atoms with Crippen molar-refractivity contribution in [3.63, 3.8) is 0 Å². The molecule has 1 unspecified atom stereocenters. The van der Waals surface area contributed by atoms with E-state index in [1.807, 2.05) is 6.92 Å². The van der Waals surface area contributed by atoms with Crippen molar-refractivity contribution in [1.82, 2.24) is 5.32 Å². The molecule has 0 aliphatic rings. The molecular formula is C18H20N3O4S+. The van der Waals surface area contributed by atoms with Crippen molar-refractivity contribution in [2.45, 2.75) is 26.5 Å². The number of aliphatic hydroxyl groups is 1. The second kappa shape index (κ2) is 8.59. The van der Waals surface area contributed by atoms with Crippen molar-refractivity contribution in [2.75, 3.05) is 6.54 Å². The minimum absolute atomic E-state index is 0.113. The summed E-state index contributed by atoms with van der Waals surface area (Å²) in [6.07, 6.45) is 3.31. The summed E-state index contributed by atoms with van der Waals surface area (Å²) < 4.78 is 1.60. The van der Waals surface area contributed by atoms with Crippen molar-refractivity contribution < 1.29 is 19.4 Å². The molecule has 0 bridgehead atoms. The summed E-state index contributed by atoms with van der Waals surface area (Å²) in [6.45, 7) is 3.84. The largest absolute Gasteiger partial charge is 0.391 e. The predicted octanol–water partition coefficient (Wildman–Crippen LogP) is 2.04. The maximum absolute atomic E-state index is 13.1. The lowest BCUT2D eigenvalue weighted by Crippen LogP contribution is -2.51. The van der Waals surface area contributed by atoms with E-state index in [0.29, 0.717) is 22.7 Å². The van der Waals surface area contributed by atoms with E-state index in [9.17, 15) is 20.0 Å². The maximum Gasteiger partial charge on any atom is 0.273 e. The second-order valence-corrected chi connectivity index (χ2v) is 6.18. The number of rotatable bonds is 7. The summed E-state index contributed by atoms with van der Waals surface area (Å²) in [4.78, 5) is 24.1. The predicted molar refractivity (Wildman–Crippen MR) is 100 cm³/mol. The third-order valence-corrected chi connectivity index (χ3v) is 4.27. The number of carbonyl (C=O) groups excluding carboxylic acids is 1. The second-order valence-electron chi connectivity index (χ2n) is 5.74. The number of nitro groups is 1. The van der Waals surface area contributed by atoms with E-state index in [1.165, 1.54) is 6.07 Å². The van der Waals surface area contributed by atoms with Gasteiger partial charge >= 0.3 is 0 Å². The summed E-state index contributed by atoms with van der Waals surface area (Å²) in [5.41, 5.74) is 1.19. The zero-order valence-corrected chi connectivity index (χ0v) is 15.3. The lowest BCUT2D eigenvalue weighted by atomic mass is 10.0. The highest BCUT2D eigenvalue weighted by molar-refractivity contribution is 7.80. The van der Waals surface area contributed by atoms with Gasteiger partial charge in [-0.15, -0.1) is 0 Å². The zero-order valence-electron chi connectivity index (χ0n) is 14.5. The average Bonchev–Trinajstić information content (AvgIpc) is 2.62. The fourth-order valence-electron chi connectivity index (χ4n) is 2.58. The molecule has 0 fully saturated rings. The third kappa shape index (κ3) is 4.27. The van der Waals surface area contributed by atoms with Gasteiger partial charge in [-0.2, -0.15) is 4.57 Å². The van der Waals surface area contributed by atoms with Gasteiger partial charge in [0.05, 0.1) is 11.5 Å². The number of aryl methyl sites for hydroxylation is 1. The van der Waals surface area contributed by atoms with Crippen LogP contribution in [-0.2, 0) is 6.61 Å². The first-order valence-corrected chi connectivity index (χ1v) is 8.47. The van der Waals surface area contributed by atoms with E-state index >= 15 is 0 Å². The van der Waals surface area contributed by atoms with Gasteiger partial charge in [-0.25, -0.2) is 0 Å². The number of pyridine rings is 1. The molecule has 0 amide bonds. The lowest BCUT2D eigenvalue weighted by molar-refractivity contribution is -0.692. The Morgan fingerprint density at radius 2 is 2.15 bits per heavy atom. The van der Waals surface area contributed by atoms with Crippen molar-refractivity contribution >= 4 is 28.7 Å². The van der Waals surface area contributed by atoms with Crippen molar-refractivity contribution in [1.29, 1.82) is 0 Å². The van der Waals surface area contributed by atoms with E-state index in [2.05, 4.69) is 5.32 Å². The van der Waals surface area contributed by atoms with Gasteiger partial charge < -0.3 is 10.4 Å². The summed E-state index contributed by atoms with van der Waals surface area (Å²) in [7, 11) is 0. The Morgan fingerprint density at radius 3 is 2.77 bits per heavy atom. The van der Waals surface area contributed by atoms with Gasteiger partial charge in [-0.05, 0) is 19.9 Å². The molecule has 1 heterocycles. The first-order valence-electron chi connectivity index (χ1n) is 8.06. The van der Waals surface area contributed by atoms with E-state index < -0.39 is 11.0 Å². The number of likely N-dealkylation sites (N-methyl/N-ethyl adjacent to an activating group) is 1. The van der Waals surface area contributed by atoms with Crippen LogP contribution in [-0.4, -0.2) is 27.3 Å². The van der Waals surface area contributed by atoms with E-state index in [4.69, 9.17) is 12.2 Å². The number of Topliss-reactive ketones (excluding diaryl/α,β-unsaturated/α-hetero) is 1. The van der Waals surface area contributed by atoms with Crippen LogP contribution in [0.1, 0.15) is 34.5 Å². The molecule has 1 aromatic carbocycles. The van der Waals surface area contributed by atoms with E-state index in [-0.39, 0.29) is 23.6 Å². The molecule has 136 valence electrons. The molecule has 2 N–H and O–H groups in total. The molecular weight excluding hydrogens is 354 g/mol. The highest BCUT2D eigenvalue weighted by Crippen LogP contribution is 2.21. The number of aromatic nitrogens is 1. The van der Waals surface area contributed by atoms with Crippen LogP contribution in [0.15, 0.2) is 42.7 Å². The van der Waals surface area contributed by atoms with Crippen LogP contribution in [0.5, 0.6) is 0 Å². The van der Waals surface area contributed by atoms with E-state index in [1.54, 1.807) is 48.1 Å². The Morgan fingerprint density at radius 1 is 1.42 bits per heavy atom. The number of nitrogens with zero attached hydrogens (tertiary/aromatic N) is 2. The fraction of sp³-hybridized carbons (Fsp3) is 0.278. The zero-order chi connectivity index (χ0) is 19.3. The highest BCUT2D eigenvalue weighted by atomic mass is 32.1. The number of aliphatic hydroxyl groups excluding tert-OH is 1. The molecule has 7 nitrogen and oxygen atoms in total. The average molecular weight is 374 g/mol. The minimum atomic E-state index is -0.862. The lowest BCUT2D eigenvalue weighted by Gasteiger charge is -2.14. The minimum Gasteiger partial charge on any atom is -0.391 e. The number of nitro benzene ring substituents is 1. The SMILES string of the molecule is CCNC(=S)C(C(=O)c1ccc(C)c([N+](=O)[O-])c1)[n+]1cccc(CO)c1. The van der Waals surface area contributed by atoms with Gasteiger partial charge in [0.2, 0.25) is 5.78 Å². The fourth-order valence-corrected chi connectivity index (χ4v) is 2.95. The quantitative estimate of drug-likeness (QED) is 0.253. The summed E-state index contributed by atoms with van der Waals surface area (Å²) in [5, 5.41) is 23.5. The molecule has 0 radical (unpaired) electrons. The monoisotopic (exact) mass is 374 g/mol. The van der Waals surface area contributed by atoms with Crippen molar-refractivity contribution in [3.8, 4) is 0 Å². The van der Waals surface area contributed by atoms with Gasteiger partial charge in [0.25, 0.3) is 11.7 Å². The molecule has 1 aromatic heterocycles. The molecule has 0 saturated heterocycles. The Kier molecular flexibility index (Phi) is 6.48. The first-order chi connectivity index (χ1) is 12.4. The van der Waals surface area contributed by atoms with Crippen molar-refractivity contribution in [2.24, 2.45) is 0 Å². The van der Waals surface area contributed by atoms with Gasteiger partial charge in [-0.1, -0.05) is 24.4 Å². The molecule has 0 aliphatic carbocycles. The van der Waals surface area contributed by atoms with Crippen LogP contribution in [0.2, 0.25) is 0 Å². The molecule has 2 rings (SSSR count). The Balaban J connectivity index is 2.51. The Hall–Kier alpha value is -2.71. The summed E-state index contributed by atoms with van der Waals surface area (Å²) in [5.74, 6) is -0.362. The summed E-state index contributed by atoms with van der Waals surface area (Å²) >= 11 is 5.37. The molecule has 26 heavy (non-hydrogen) atoms. The molecule has 0 spiro atoms. The topological polar surface area (TPSA) is 96.3 Å². The third-order valence-electron chi connectivity index (χ3n) is 3.90. The maximum atomic E-state index is 13.1. The Bertz CT molecular complexity index is 854. The first kappa shape index (κ1) is 19.6. The van der Waals surface area contributed by atoms with E-state index in [0.717, 1.165) is 0 Å². The van der Waals surface area contributed by atoms with Gasteiger partial charge in [0, 0.05) is 35.4 Å². The van der Waals surface area contributed by atoms with Gasteiger partial charge in [-0.3, -0.25) is 14.9 Å². The van der Waals surface area contributed by atoms with Crippen molar-refractivity contribution in [3.05, 3.63) is 69.5 Å². The van der Waals surface area contributed by atoms with Crippen LogP contribution in [0.25, 0.3) is 0 Å². The Labute approximate surface area is 156 Å². The number of ketones is 1. The molecule has 0 saturated carbocycles. The number of hydrogen-bond donors (Lipinski definition) is 2. The molecule has 0 aliphatic heterocycles. The molecule has 2 aromatic rings. The molecule has 8 heteroatoms. The number of hydrogen-bond acceptors (Lipinski definition) is 5. The highest BCUT2D eigenvalue weighted by Gasteiger charge is 2.34. The number of carbonyl (C=O) groups is 1. The van der Waals surface area contributed by atoms with Crippen LogP contribution in [0, 0.1) is 17.0 Å². The van der Waals surface area contributed by atoms with Crippen LogP contribution < -0.4 is 9.88 Å². The number of benzene rings is 1. The standard InChI is InChI=1S/C18H19N3O4S/c1-3-19-18(26)16(20-8-4-5-13(10-20)11-22)17(23)14-7-6-12(2)15(9-14)21(24)25/h4-10,16,22H,3,11H2,1-2H3/p+1. The normalized spacial score (nSPS) is 11.7. The summed E-state index contributed by atoms with van der Waals surface area (Å²) in [6, 6.07) is 6.95. The van der Waals surface area contributed by atoms with Gasteiger partial charge in [0.15, 0.2) is 17.4 Å². The molecule has 1 atom stereocenters. The number of thiocarbonyl (C=S) groups is 1. The van der Waals surface area contributed by atoms with Crippen LogP contribution in [0.4, 0.5) is 5.69 Å². The van der Waals surface area contributed by atoms with Gasteiger partial charge in [0.1, 0.15) is 0 Å².